The van der Waals surface area contributed by atoms with Crippen LogP contribution in [0.15, 0.2) is 41.3 Å². The van der Waals surface area contributed by atoms with E-state index in [1.807, 2.05) is 4.72 Å². The molecule has 0 amide bonds. The van der Waals surface area contributed by atoms with E-state index < -0.39 is 42.3 Å². The first kappa shape index (κ1) is 19.0. The monoisotopic (exact) mass is 394 g/mol. The molecule has 2 aromatic rings. The molecule has 0 saturated heterocycles. The average Bonchev–Trinajstić information content (AvgIpc) is 2.47. The molecule has 0 atom stereocenters. The largest absolute Gasteiger partial charge is 0.417 e. The molecule has 2 aromatic carbocycles. The molecule has 0 fully saturated rings. The number of nitro benzene ring substituents is 1. The number of sulfonamides is 1. The lowest BCUT2D eigenvalue weighted by Crippen LogP contribution is -2.15. The number of halogens is 4. The van der Waals surface area contributed by atoms with E-state index in [1.54, 1.807) is 0 Å². The van der Waals surface area contributed by atoms with E-state index in [1.165, 1.54) is 13.0 Å². The molecule has 25 heavy (non-hydrogen) atoms. The molecule has 134 valence electrons. The second-order valence-electron chi connectivity index (χ2n) is 5.00. The number of rotatable bonds is 4. The summed E-state index contributed by atoms with van der Waals surface area (Å²) in [5, 5.41) is 10.2. The molecule has 0 aliphatic rings. The van der Waals surface area contributed by atoms with E-state index in [0.29, 0.717) is 6.07 Å². The number of aryl methyl sites for hydroxylation is 1. The van der Waals surface area contributed by atoms with Crippen LogP contribution in [-0.2, 0) is 16.2 Å². The molecule has 0 aromatic heterocycles. The van der Waals surface area contributed by atoms with Gasteiger partial charge in [-0.1, -0.05) is 17.7 Å². The maximum atomic E-state index is 12.9. The van der Waals surface area contributed by atoms with Gasteiger partial charge in [-0.3, -0.25) is 14.8 Å². The highest BCUT2D eigenvalue weighted by atomic mass is 35.5. The van der Waals surface area contributed by atoms with Gasteiger partial charge in [0.25, 0.3) is 15.7 Å². The topological polar surface area (TPSA) is 89.3 Å². The minimum atomic E-state index is -4.76. The first-order chi connectivity index (χ1) is 11.4. The molecule has 0 unspecified atom stereocenters. The number of hydrogen-bond acceptors (Lipinski definition) is 4. The zero-order chi connectivity index (χ0) is 19.0. The molecule has 0 saturated carbocycles. The fourth-order valence-corrected chi connectivity index (χ4v) is 3.55. The van der Waals surface area contributed by atoms with Crippen LogP contribution in [0.5, 0.6) is 0 Å². The van der Waals surface area contributed by atoms with E-state index in [0.717, 1.165) is 24.3 Å². The molecule has 0 aliphatic carbocycles. The second kappa shape index (κ2) is 6.52. The quantitative estimate of drug-likeness (QED) is 0.615. The Morgan fingerprint density at radius 3 is 2.36 bits per heavy atom. The average molecular weight is 395 g/mol. The second-order valence-corrected chi connectivity index (χ2v) is 7.06. The first-order valence-corrected chi connectivity index (χ1v) is 8.42. The van der Waals surface area contributed by atoms with Crippen LogP contribution in [0.1, 0.15) is 11.1 Å². The van der Waals surface area contributed by atoms with Crippen LogP contribution < -0.4 is 4.72 Å². The maximum Gasteiger partial charge on any atom is 0.417 e. The molecule has 6 nitrogen and oxygen atoms in total. The Kier molecular flexibility index (Phi) is 4.96. The number of benzene rings is 2. The van der Waals surface area contributed by atoms with Crippen molar-refractivity contribution in [2.24, 2.45) is 0 Å². The lowest BCUT2D eigenvalue weighted by molar-refractivity contribution is -0.385. The summed E-state index contributed by atoms with van der Waals surface area (Å²) < 4.78 is 65.3. The van der Waals surface area contributed by atoms with Crippen molar-refractivity contribution in [2.45, 2.75) is 18.0 Å². The highest BCUT2D eigenvalue weighted by Gasteiger charge is 2.33. The smallest absolute Gasteiger partial charge is 0.280 e. The summed E-state index contributed by atoms with van der Waals surface area (Å²) in [7, 11) is -4.34. The SMILES string of the molecule is Cc1ccc([N+](=O)[O-])cc1S(=O)(=O)Nc1ccc(Cl)c(C(F)(F)F)c1. The van der Waals surface area contributed by atoms with Crippen molar-refractivity contribution in [3.63, 3.8) is 0 Å². The van der Waals surface area contributed by atoms with Crippen molar-refractivity contribution in [2.75, 3.05) is 4.72 Å². The summed E-state index contributed by atoms with van der Waals surface area (Å²) in [5.74, 6) is 0. The number of alkyl halides is 3. The van der Waals surface area contributed by atoms with E-state index in [9.17, 15) is 31.7 Å². The van der Waals surface area contributed by atoms with Gasteiger partial charge in [-0.2, -0.15) is 13.2 Å². The molecule has 0 bridgehead atoms. The first-order valence-electron chi connectivity index (χ1n) is 6.56. The maximum absolute atomic E-state index is 12.9. The lowest BCUT2D eigenvalue weighted by Gasteiger charge is -2.13. The van der Waals surface area contributed by atoms with Gasteiger partial charge in [0.2, 0.25) is 0 Å². The van der Waals surface area contributed by atoms with Crippen molar-refractivity contribution in [3.05, 3.63) is 62.7 Å². The van der Waals surface area contributed by atoms with Crippen LogP contribution in [0.3, 0.4) is 0 Å². The van der Waals surface area contributed by atoms with Gasteiger partial charge in [-0.15, -0.1) is 0 Å². The Hall–Kier alpha value is -2.33. The Morgan fingerprint density at radius 2 is 1.80 bits per heavy atom. The number of nitro groups is 1. The fraction of sp³-hybridized carbons (Fsp3) is 0.143. The van der Waals surface area contributed by atoms with Crippen LogP contribution in [0.25, 0.3) is 0 Å². The van der Waals surface area contributed by atoms with Crippen LogP contribution in [0.4, 0.5) is 24.5 Å². The fourth-order valence-electron chi connectivity index (χ4n) is 2.01. The Balaban J connectivity index is 2.47. The van der Waals surface area contributed by atoms with Gasteiger partial charge in [0.1, 0.15) is 0 Å². The van der Waals surface area contributed by atoms with Crippen molar-refractivity contribution >= 4 is 33.0 Å². The standard InChI is InChI=1S/C14H10ClF3N2O4S/c1-8-2-4-10(20(21)22)7-13(8)25(23,24)19-9-3-5-12(15)11(6-9)14(16,17)18/h2-7,19H,1H3. The van der Waals surface area contributed by atoms with E-state index in [2.05, 4.69) is 0 Å². The number of nitrogens with one attached hydrogen (secondary N) is 1. The molecular weight excluding hydrogens is 385 g/mol. The van der Waals surface area contributed by atoms with Crippen molar-refractivity contribution in [1.29, 1.82) is 0 Å². The van der Waals surface area contributed by atoms with Crippen LogP contribution in [0.2, 0.25) is 5.02 Å². The molecule has 1 N–H and O–H groups in total. The van der Waals surface area contributed by atoms with Crippen molar-refractivity contribution in [3.8, 4) is 0 Å². The number of non-ortho nitro benzene ring substituents is 1. The molecule has 0 radical (unpaired) electrons. The summed E-state index contributed by atoms with van der Waals surface area (Å²) in [6, 6.07) is 5.70. The Morgan fingerprint density at radius 1 is 1.16 bits per heavy atom. The Labute approximate surface area is 145 Å². The predicted molar refractivity (Wildman–Crippen MR) is 85.1 cm³/mol. The van der Waals surface area contributed by atoms with E-state index >= 15 is 0 Å². The summed E-state index contributed by atoms with van der Waals surface area (Å²) in [6.45, 7) is 1.40. The minimum Gasteiger partial charge on any atom is -0.280 e. The predicted octanol–water partition coefficient (Wildman–Crippen LogP) is 4.38. The van der Waals surface area contributed by atoms with Gasteiger partial charge < -0.3 is 0 Å². The summed E-state index contributed by atoms with van der Waals surface area (Å²) >= 11 is 5.48. The van der Waals surface area contributed by atoms with Crippen molar-refractivity contribution < 1.29 is 26.5 Å². The van der Waals surface area contributed by atoms with Gasteiger partial charge in [0.05, 0.1) is 20.4 Å². The van der Waals surface area contributed by atoms with Crippen molar-refractivity contribution in [1.82, 2.24) is 0 Å². The van der Waals surface area contributed by atoms with Crippen LogP contribution >= 0.6 is 11.6 Å². The third kappa shape index (κ3) is 4.20. The molecule has 2 rings (SSSR count). The number of anilines is 1. The van der Waals surface area contributed by atoms with Gasteiger partial charge in [0, 0.05) is 17.8 Å². The summed E-state index contributed by atoms with van der Waals surface area (Å²) in [5.41, 5.74) is -1.84. The highest BCUT2D eigenvalue weighted by Crippen LogP contribution is 2.36. The molecule has 0 spiro atoms. The normalized spacial score (nSPS) is 12.0. The van der Waals surface area contributed by atoms with E-state index in [-0.39, 0.29) is 11.3 Å². The van der Waals surface area contributed by atoms with Crippen LogP contribution in [-0.4, -0.2) is 13.3 Å². The Bertz CT molecular complexity index is 946. The van der Waals surface area contributed by atoms with E-state index in [4.69, 9.17) is 11.6 Å². The molecule has 0 aliphatic heterocycles. The number of hydrogen-bond donors (Lipinski definition) is 1. The zero-order valence-electron chi connectivity index (χ0n) is 12.5. The lowest BCUT2D eigenvalue weighted by atomic mass is 10.2. The third-order valence-corrected chi connectivity index (χ3v) is 5.05. The highest BCUT2D eigenvalue weighted by molar-refractivity contribution is 7.92. The zero-order valence-corrected chi connectivity index (χ0v) is 14.0. The summed E-state index contributed by atoms with van der Waals surface area (Å²) in [6.07, 6.45) is -4.76. The molecule has 0 heterocycles. The molecular formula is C14H10ClF3N2O4S. The van der Waals surface area contributed by atoms with Gasteiger partial charge in [0.15, 0.2) is 0 Å². The summed E-state index contributed by atoms with van der Waals surface area (Å²) in [4.78, 5) is 9.61. The minimum absolute atomic E-state index is 0.197. The van der Waals surface area contributed by atoms with Gasteiger partial charge in [-0.25, -0.2) is 8.42 Å². The van der Waals surface area contributed by atoms with Crippen LogP contribution in [0, 0.1) is 17.0 Å². The number of nitrogens with zero attached hydrogens (tertiary/aromatic N) is 1. The molecule has 11 heteroatoms. The third-order valence-electron chi connectivity index (χ3n) is 3.20. The van der Waals surface area contributed by atoms with Gasteiger partial charge >= 0.3 is 6.18 Å². The van der Waals surface area contributed by atoms with Gasteiger partial charge in [-0.05, 0) is 30.7 Å².